The van der Waals surface area contributed by atoms with Gasteiger partial charge in [0.05, 0.1) is 12.7 Å². The number of nitrogens with two attached hydrogens (primary N) is 1. The molecular formula is C7H15NO2. The lowest BCUT2D eigenvalue weighted by atomic mass is 10.0. The largest absolute Gasteiger partial charge is 0.381 e. The van der Waals surface area contributed by atoms with Crippen molar-refractivity contribution in [3.8, 4) is 0 Å². The molecular weight excluding hydrogens is 130 g/mol. The number of hydrogen-bond donors (Lipinski definition) is 1. The molecule has 1 aliphatic heterocycles. The first-order valence-corrected chi connectivity index (χ1v) is 3.69. The summed E-state index contributed by atoms with van der Waals surface area (Å²) in [6, 6.07) is 0. The molecule has 0 aliphatic carbocycles. The molecule has 0 unspecified atom stereocenters. The van der Waals surface area contributed by atoms with Gasteiger partial charge in [0, 0.05) is 26.2 Å². The van der Waals surface area contributed by atoms with Crippen molar-refractivity contribution in [1.29, 1.82) is 0 Å². The highest BCUT2D eigenvalue weighted by atomic mass is 16.5. The highest BCUT2D eigenvalue weighted by Crippen LogP contribution is 2.17. The maximum absolute atomic E-state index is 5.48. The Kier molecular flexibility index (Phi) is 3.12. The molecule has 0 aromatic rings. The summed E-state index contributed by atoms with van der Waals surface area (Å²) in [5.74, 6) is 0.523. The summed E-state index contributed by atoms with van der Waals surface area (Å²) in [5, 5.41) is 0. The Morgan fingerprint density at radius 1 is 1.80 bits per heavy atom. The summed E-state index contributed by atoms with van der Waals surface area (Å²) in [6.07, 6.45) is 1.29. The van der Waals surface area contributed by atoms with Gasteiger partial charge in [-0.15, -0.1) is 0 Å². The highest BCUT2D eigenvalue weighted by molar-refractivity contribution is 4.74. The minimum atomic E-state index is 0.197. The fourth-order valence-electron chi connectivity index (χ4n) is 1.33. The van der Waals surface area contributed by atoms with Crippen LogP contribution in [0.3, 0.4) is 0 Å². The molecule has 3 heteroatoms. The monoisotopic (exact) mass is 145 g/mol. The Bertz CT molecular complexity index is 87.6. The van der Waals surface area contributed by atoms with Gasteiger partial charge < -0.3 is 15.2 Å². The summed E-state index contributed by atoms with van der Waals surface area (Å²) in [4.78, 5) is 0. The number of methoxy groups -OCH3 is 1. The van der Waals surface area contributed by atoms with Crippen molar-refractivity contribution in [3.05, 3.63) is 0 Å². The minimum absolute atomic E-state index is 0.197. The van der Waals surface area contributed by atoms with E-state index >= 15 is 0 Å². The van der Waals surface area contributed by atoms with Gasteiger partial charge in [0.1, 0.15) is 0 Å². The van der Waals surface area contributed by atoms with Crippen LogP contribution in [-0.4, -0.2) is 33.0 Å². The standard InChI is InChI=1S/C7H15NO2/c1-9-7(4-8)6-2-3-10-5-6/h6-7H,2-5,8H2,1H3/t6-,7-/m1/s1. The third-order valence-corrected chi connectivity index (χ3v) is 2.03. The van der Waals surface area contributed by atoms with E-state index in [0.29, 0.717) is 12.5 Å². The molecule has 0 spiro atoms. The van der Waals surface area contributed by atoms with Crippen LogP contribution in [0.5, 0.6) is 0 Å². The average molecular weight is 145 g/mol. The van der Waals surface area contributed by atoms with E-state index in [1.165, 1.54) is 0 Å². The topological polar surface area (TPSA) is 44.5 Å². The molecule has 1 fully saturated rings. The van der Waals surface area contributed by atoms with E-state index in [0.717, 1.165) is 19.6 Å². The van der Waals surface area contributed by atoms with Gasteiger partial charge in [-0.2, -0.15) is 0 Å². The van der Waals surface area contributed by atoms with E-state index in [4.69, 9.17) is 15.2 Å². The Morgan fingerprint density at radius 3 is 3.00 bits per heavy atom. The molecule has 1 heterocycles. The van der Waals surface area contributed by atoms with Crippen LogP contribution < -0.4 is 5.73 Å². The third-order valence-electron chi connectivity index (χ3n) is 2.03. The second-order valence-corrected chi connectivity index (χ2v) is 2.63. The Balaban J connectivity index is 2.29. The predicted molar refractivity (Wildman–Crippen MR) is 38.8 cm³/mol. The van der Waals surface area contributed by atoms with Crippen molar-refractivity contribution < 1.29 is 9.47 Å². The average Bonchev–Trinajstić information content (AvgIpc) is 2.43. The summed E-state index contributed by atoms with van der Waals surface area (Å²) >= 11 is 0. The van der Waals surface area contributed by atoms with Crippen LogP contribution in [0, 0.1) is 5.92 Å². The molecule has 60 valence electrons. The van der Waals surface area contributed by atoms with Gasteiger partial charge in [-0.1, -0.05) is 0 Å². The summed E-state index contributed by atoms with van der Waals surface area (Å²) < 4.78 is 10.4. The zero-order valence-corrected chi connectivity index (χ0v) is 6.38. The molecule has 0 bridgehead atoms. The number of rotatable bonds is 3. The second-order valence-electron chi connectivity index (χ2n) is 2.63. The SMILES string of the molecule is CO[C@H](CN)[C@@H]1CCOC1. The molecule has 2 N–H and O–H groups in total. The van der Waals surface area contributed by atoms with E-state index in [9.17, 15) is 0 Å². The summed E-state index contributed by atoms with van der Waals surface area (Å²) in [5.41, 5.74) is 5.48. The van der Waals surface area contributed by atoms with Crippen LogP contribution in [0.25, 0.3) is 0 Å². The van der Waals surface area contributed by atoms with Gasteiger partial charge >= 0.3 is 0 Å². The van der Waals surface area contributed by atoms with E-state index < -0.39 is 0 Å². The number of hydrogen-bond acceptors (Lipinski definition) is 3. The van der Waals surface area contributed by atoms with Gasteiger partial charge in [0.2, 0.25) is 0 Å². The van der Waals surface area contributed by atoms with E-state index in [-0.39, 0.29) is 6.10 Å². The normalized spacial score (nSPS) is 28.8. The number of ether oxygens (including phenoxy) is 2. The summed E-state index contributed by atoms with van der Waals surface area (Å²) in [7, 11) is 1.70. The van der Waals surface area contributed by atoms with Gasteiger partial charge in [-0.3, -0.25) is 0 Å². The molecule has 0 amide bonds. The van der Waals surface area contributed by atoms with Gasteiger partial charge in [0.15, 0.2) is 0 Å². The molecule has 10 heavy (non-hydrogen) atoms. The molecule has 1 saturated heterocycles. The minimum Gasteiger partial charge on any atom is -0.381 e. The van der Waals surface area contributed by atoms with Crippen LogP contribution in [0.2, 0.25) is 0 Å². The molecule has 2 atom stereocenters. The van der Waals surface area contributed by atoms with Crippen molar-refractivity contribution >= 4 is 0 Å². The van der Waals surface area contributed by atoms with Gasteiger partial charge in [0.25, 0.3) is 0 Å². The van der Waals surface area contributed by atoms with Crippen LogP contribution >= 0.6 is 0 Å². The Labute approximate surface area is 61.5 Å². The van der Waals surface area contributed by atoms with Crippen molar-refractivity contribution in [2.75, 3.05) is 26.9 Å². The zero-order chi connectivity index (χ0) is 7.40. The molecule has 0 saturated carbocycles. The van der Waals surface area contributed by atoms with E-state index in [1.54, 1.807) is 7.11 Å². The van der Waals surface area contributed by atoms with E-state index in [1.807, 2.05) is 0 Å². The van der Waals surface area contributed by atoms with Crippen molar-refractivity contribution in [1.82, 2.24) is 0 Å². The van der Waals surface area contributed by atoms with Crippen LogP contribution in [-0.2, 0) is 9.47 Å². The third kappa shape index (κ3) is 1.68. The predicted octanol–water partition coefficient (Wildman–Crippen LogP) is -0.00340. The molecule has 1 rings (SSSR count). The highest BCUT2D eigenvalue weighted by Gasteiger charge is 2.23. The van der Waals surface area contributed by atoms with Crippen molar-refractivity contribution in [2.45, 2.75) is 12.5 Å². The Hall–Kier alpha value is -0.120. The van der Waals surface area contributed by atoms with Crippen molar-refractivity contribution in [2.24, 2.45) is 11.7 Å². The van der Waals surface area contributed by atoms with Crippen LogP contribution in [0.1, 0.15) is 6.42 Å². The van der Waals surface area contributed by atoms with Crippen LogP contribution in [0.15, 0.2) is 0 Å². The molecule has 3 nitrogen and oxygen atoms in total. The molecule has 0 aromatic carbocycles. The fourth-order valence-corrected chi connectivity index (χ4v) is 1.33. The van der Waals surface area contributed by atoms with Gasteiger partial charge in [-0.25, -0.2) is 0 Å². The lowest BCUT2D eigenvalue weighted by Crippen LogP contribution is -2.31. The molecule has 1 aliphatic rings. The fraction of sp³-hybridized carbons (Fsp3) is 1.00. The summed E-state index contributed by atoms with van der Waals surface area (Å²) in [6.45, 7) is 2.28. The molecule has 0 radical (unpaired) electrons. The lowest BCUT2D eigenvalue weighted by molar-refractivity contribution is 0.0517. The lowest BCUT2D eigenvalue weighted by Gasteiger charge is -2.17. The van der Waals surface area contributed by atoms with Crippen LogP contribution in [0.4, 0.5) is 0 Å². The maximum Gasteiger partial charge on any atom is 0.0744 e. The maximum atomic E-state index is 5.48. The smallest absolute Gasteiger partial charge is 0.0744 e. The first kappa shape index (κ1) is 7.98. The molecule has 0 aromatic heterocycles. The Morgan fingerprint density at radius 2 is 2.60 bits per heavy atom. The van der Waals surface area contributed by atoms with Gasteiger partial charge in [-0.05, 0) is 6.42 Å². The van der Waals surface area contributed by atoms with Crippen molar-refractivity contribution in [3.63, 3.8) is 0 Å². The second kappa shape index (κ2) is 3.91. The first-order chi connectivity index (χ1) is 4.88. The zero-order valence-electron chi connectivity index (χ0n) is 6.38. The quantitative estimate of drug-likeness (QED) is 0.607. The van der Waals surface area contributed by atoms with E-state index in [2.05, 4.69) is 0 Å². The first-order valence-electron chi connectivity index (χ1n) is 3.69.